The standard InChI is InChI=1S/C29H29NO4S/c1-19-14-16-22(17-15-19)35(31,32)30-24-18-23(27-28(24)34-29(2,3)33-27)26(30)25(20-10-6-4-7-11-20)21-12-8-5-9-13-21/h4-17,23-24,27-28H,18H2,1-3H3/t23-,24-,27-,28+/m0/s1. The number of benzene rings is 3. The van der Waals surface area contributed by atoms with Crippen LogP contribution >= 0.6 is 0 Å². The molecule has 2 bridgehead atoms. The van der Waals surface area contributed by atoms with Gasteiger partial charge in [0, 0.05) is 17.2 Å². The number of nitrogens with zero attached hydrogens (tertiary/aromatic N) is 1. The molecular weight excluding hydrogens is 458 g/mol. The van der Waals surface area contributed by atoms with Gasteiger partial charge in [0.2, 0.25) is 0 Å². The average molecular weight is 488 g/mol. The molecule has 1 aliphatic carbocycles. The van der Waals surface area contributed by atoms with Crippen molar-refractivity contribution >= 4 is 15.6 Å². The monoisotopic (exact) mass is 487 g/mol. The fourth-order valence-electron chi connectivity index (χ4n) is 5.89. The lowest BCUT2D eigenvalue weighted by Gasteiger charge is -2.37. The molecule has 0 aromatic heterocycles. The summed E-state index contributed by atoms with van der Waals surface area (Å²) in [6.07, 6.45) is 0.193. The highest BCUT2D eigenvalue weighted by Crippen LogP contribution is 2.56. The summed E-state index contributed by atoms with van der Waals surface area (Å²) in [5.41, 5.74) is 4.73. The van der Waals surface area contributed by atoms with E-state index in [1.165, 1.54) is 0 Å². The predicted octanol–water partition coefficient (Wildman–Crippen LogP) is 5.37. The lowest BCUT2D eigenvalue weighted by atomic mass is 9.89. The first kappa shape index (κ1) is 22.5. The second-order valence-electron chi connectivity index (χ2n) is 10.1. The van der Waals surface area contributed by atoms with Crippen molar-refractivity contribution in [3.8, 4) is 0 Å². The number of ether oxygens (including phenoxy) is 2. The van der Waals surface area contributed by atoms with Crippen LogP contribution in [-0.4, -0.2) is 36.8 Å². The van der Waals surface area contributed by atoms with Gasteiger partial charge in [-0.05, 0) is 50.5 Å². The van der Waals surface area contributed by atoms with Crippen LogP contribution in [0.2, 0.25) is 0 Å². The van der Waals surface area contributed by atoms with Crippen molar-refractivity contribution in [1.29, 1.82) is 0 Å². The smallest absolute Gasteiger partial charge is 0.264 e. The molecule has 3 aromatic carbocycles. The minimum Gasteiger partial charge on any atom is -0.344 e. The third kappa shape index (κ3) is 3.63. The lowest BCUT2D eigenvalue weighted by Crippen LogP contribution is -2.48. The summed E-state index contributed by atoms with van der Waals surface area (Å²) in [7, 11) is -3.83. The summed E-state index contributed by atoms with van der Waals surface area (Å²) in [4.78, 5) is 0.295. The van der Waals surface area contributed by atoms with Gasteiger partial charge in [-0.2, -0.15) is 0 Å². The Bertz CT molecular complexity index is 1340. The van der Waals surface area contributed by atoms with Gasteiger partial charge in [0.25, 0.3) is 10.0 Å². The molecule has 0 unspecified atom stereocenters. The van der Waals surface area contributed by atoms with Crippen molar-refractivity contribution in [3.05, 3.63) is 107 Å². The van der Waals surface area contributed by atoms with E-state index in [1.807, 2.05) is 93.6 Å². The molecule has 6 heteroatoms. The van der Waals surface area contributed by atoms with E-state index in [0.717, 1.165) is 28.0 Å². The Labute approximate surface area is 207 Å². The van der Waals surface area contributed by atoms with Crippen LogP contribution in [0.25, 0.3) is 5.57 Å². The van der Waals surface area contributed by atoms with Gasteiger partial charge in [-0.15, -0.1) is 0 Å². The summed E-state index contributed by atoms with van der Waals surface area (Å²) in [6.45, 7) is 5.77. The molecule has 35 heavy (non-hydrogen) atoms. The van der Waals surface area contributed by atoms with Crippen LogP contribution in [0, 0.1) is 12.8 Å². The molecule has 3 aromatic rings. The highest BCUT2D eigenvalue weighted by molar-refractivity contribution is 7.89. The number of rotatable bonds is 4. The minimum absolute atomic E-state index is 0.0950. The Morgan fingerprint density at radius 2 is 1.37 bits per heavy atom. The van der Waals surface area contributed by atoms with E-state index in [4.69, 9.17) is 9.47 Å². The molecule has 2 aliphatic heterocycles. The Kier molecular flexibility index (Phi) is 5.18. The topological polar surface area (TPSA) is 55.8 Å². The zero-order valence-electron chi connectivity index (χ0n) is 20.1. The summed E-state index contributed by atoms with van der Waals surface area (Å²) < 4.78 is 42.8. The fourth-order valence-corrected chi connectivity index (χ4v) is 7.65. The maximum atomic E-state index is 14.3. The highest BCUT2D eigenvalue weighted by atomic mass is 32.2. The molecule has 6 rings (SSSR count). The van der Waals surface area contributed by atoms with Gasteiger partial charge in [-0.3, -0.25) is 4.31 Å². The van der Waals surface area contributed by atoms with Crippen LogP contribution in [0.4, 0.5) is 0 Å². The number of hydrogen-bond acceptors (Lipinski definition) is 4. The van der Waals surface area contributed by atoms with Crippen molar-refractivity contribution in [3.63, 3.8) is 0 Å². The van der Waals surface area contributed by atoms with Crippen LogP contribution in [0.5, 0.6) is 0 Å². The third-order valence-corrected chi connectivity index (χ3v) is 9.14. The minimum atomic E-state index is -3.83. The van der Waals surface area contributed by atoms with Crippen LogP contribution in [0.3, 0.4) is 0 Å². The van der Waals surface area contributed by atoms with Crippen molar-refractivity contribution in [1.82, 2.24) is 4.31 Å². The molecule has 5 nitrogen and oxygen atoms in total. The van der Waals surface area contributed by atoms with Crippen LogP contribution < -0.4 is 0 Å². The summed E-state index contributed by atoms with van der Waals surface area (Å²) in [6, 6.07) is 26.9. The third-order valence-electron chi connectivity index (χ3n) is 7.28. The average Bonchev–Trinajstić information content (AvgIpc) is 3.48. The van der Waals surface area contributed by atoms with Gasteiger partial charge in [0.15, 0.2) is 5.79 Å². The molecule has 1 saturated carbocycles. The molecule has 0 amide bonds. The van der Waals surface area contributed by atoms with Gasteiger partial charge in [0.1, 0.15) is 6.10 Å². The Hall–Kier alpha value is -2.93. The molecular formula is C29H29NO4S. The maximum Gasteiger partial charge on any atom is 0.264 e. The lowest BCUT2D eigenvalue weighted by molar-refractivity contribution is -0.154. The molecule has 180 valence electrons. The largest absolute Gasteiger partial charge is 0.344 e. The summed E-state index contributed by atoms with van der Waals surface area (Å²) in [5.74, 6) is -0.844. The fraction of sp³-hybridized carbons (Fsp3) is 0.310. The summed E-state index contributed by atoms with van der Waals surface area (Å²) >= 11 is 0. The van der Waals surface area contributed by atoms with E-state index in [9.17, 15) is 8.42 Å². The zero-order chi connectivity index (χ0) is 24.4. The highest BCUT2D eigenvalue weighted by Gasteiger charge is 2.64. The molecule has 4 atom stereocenters. The summed E-state index contributed by atoms with van der Waals surface area (Å²) in [5, 5.41) is 0. The van der Waals surface area contributed by atoms with E-state index in [0.29, 0.717) is 11.3 Å². The molecule has 2 saturated heterocycles. The van der Waals surface area contributed by atoms with Crippen LogP contribution in [-0.2, 0) is 19.5 Å². The number of hydrogen-bond donors (Lipinski definition) is 0. The molecule has 3 fully saturated rings. The Balaban J connectivity index is 1.61. The zero-order valence-corrected chi connectivity index (χ0v) is 20.9. The van der Waals surface area contributed by atoms with Gasteiger partial charge >= 0.3 is 0 Å². The van der Waals surface area contributed by atoms with Gasteiger partial charge in [0.05, 0.1) is 17.0 Å². The Morgan fingerprint density at radius 1 is 0.829 bits per heavy atom. The van der Waals surface area contributed by atoms with Crippen molar-refractivity contribution in [2.24, 2.45) is 5.92 Å². The number of aryl methyl sites for hydroxylation is 1. The van der Waals surface area contributed by atoms with Gasteiger partial charge in [-0.1, -0.05) is 78.4 Å². The molecule has 3 aliphatic rings. The molecule has 0 N–H and O–H groups in total. The van der Waals surface area contributed by atoms with E-state index in [2.05, 4.69) is 0 Å². The SMILES string of the molecule is Cc1ccc(S(=O)(=O)N2C(=C(c3ccccc3)c3ccccc3)[C@@H]3C[C@H]2[C@H]2OC(C)(C)O[C@H]23)cc1. The Morgan fingerprint density at radius 3 is 1.94 bits per heavy atom. The van der Waals surface area contributed by atoms with E-state index < -0.39 is 15.8 Å². The predicted molar refractivity (Wildman–Crippen MR) is 135 cm³/mol. The van der Waals surface area contributed by atoms with Gasteiger partial charge in [-0.25, -0.2) is 8.42 Å². The number of sulfonamides is 1. The first-order valence-corrected chi connectivity index (χ1v) is 13.5. The van der Waals surface area contributed by atoms with Crippen molar-refractivity contribution in [2.45, 2.75) is 56.1 Å². The van der Waals surface area contributed by atoms with Crippen LogP contribution in [0.1, 0.15) is 37.0 Å². The number of piperidine rings is 1. The number of fused-ring (bicyclic) bond motifs is 5. The van der Waals surface area contributed by atoms with E-state index in [-0.39, 0.29) is 24.2 Å². The molecule has 0 spiro atoms. The second-order valence-corrected chi connectivity index (χ2v) is 11.9. The second kappa shape index (κ2) is 8.05. The quantitative estimate of drug-likeness (QED) is 0.497. The van der Waals surface area contributed by atoms with Gasteiger partial charge < -0.3 is 9.47 Å². The van der Waals surface area contributed by atoms with E-state index >= 15 is 0 Å². The normalized spacial score (nSPS) is 26.7. The maximum absolute atomic E-state index is 14.3. The molecule has 2 heterocycles. The van der Waals surface area contributed by atoms with Crippen molar-refractivity contribution < 1.29 is 17.9 Å². The van der Waals surface area contributed by atoms with E-state index in [1.54, 1.807) is 16.4 Å². The van der Waals surface area contributed by atoms with Crippen LogP contribution in [0.15, 0.2) is 95.5 Å². The first-order chi connectivity index (χ1) is 16.8. The van der Waals surface area contributed by atoms with Crippen molar-refractivity contribution in [2.75, 3.05) is 0 Å². The first-order valence-electron chi connectivity index (χ1n) is 12.1. The molecule has 0 radical (unpaired) electrons.